The van der Waals surface area contributed by atoms with Crippen molar-refractivity contribution in [2.45, 2.75) is 0 Å². The molecule has 0 bridgehead atoms. The third kappa shape index (κ3) is 1.89. The van der Waals surface area contributed by atoms with Crippen molar-refractivity contribution in [2.75, 3.05) is 7.11 Å². The van der Waals surface area contributed by atoms with Gasteiger partial charge in [0.1, 0.15) is 5.75 Å². The van der Waals surface area contributed by atoms with Crippen molar-refractivity contribution in [2.24, 2.45) is 0 Å². The molecule has 0 atom stereocenters. The van der Waals surface area contributed by atoms with Gasteiger partial charge in [0, 0.05) is 22.5 Å². The average Bonchev–Trinajstić information content (AvgIpc) is 2.47. The summed E-state index contributed by atoms with van der Waals surface area (Å²) < 4.78 is 5.25. The normalized spacial score (nSPS) is 10.6. The maximum atomic E-state index is 10.1. The summed E-state index contributed by atoms with van der Waals surface area (Å²) in [5.74, 6) is 0.752. The van der Waals surface area contributed by atoms with Gasteiger partial charge in [-0.1, -0.05) is 36.4 Å². The van der Waals surface area contributed by atoms with E-state index in [9.17, 15) is 5.11 Å². The van der Waals surface area contributed by atoms with Crippen LogP contribution in [0.3, 0.4) is 0 Å². The molecule has 1 N–H and O–H groups in total. The van der Waals surface area contributed by atoms with Crippen LogP contribution >= 0.6 is 0 Å². The number of pyridine rings is 1. The number of nitrogens with zero attached hydrogens (tertiary/aromatic N) is 1. The van der Waals surface area contributed by atoms with Crippen LogP contribution in [0.5, 0.6) is 11.6 Å². The third-order valence-corrected chi connectivity index (χ3v) is 3.13. The van der Waals surface area contributed by atoms with Crippen molar-refractivity contribution in [3.63, 3.8) is 0 Å². The molecule has 2 aromatic carbocycles. The van der Waals surface area contributed by atoms with Crippen LogP contribution in [0.2, 0.25) is 0 Å². The van der Waals surface area contributed by atoms with Crippen molar-refractivity contribution >= 4 is 10.8 Å². The fraction of sp³-hybridized carbons (Fsp3) is 0.0625. The zero-order valence-electron chi connectivity index (χ0n) is 10.5. The first-order valence-corrected chi connectivity index (χ1v) is 6.01. The molecule has 0 spiro atoms. The van der Waals surface area contributed by atoms with Crippen LogP contribution in [0.4, 0.5) is 0 Å². The second-order valence-electron chi connectivity index (χ2n) is 4.25. The van der Waals surface area contributed by atoms with E-state index in [1.54, 1.807) is 25.4 Å². The number of rotatable bonds is 2. The van der Waals surface area contributed by atoms with E-state index >= 15 is 0 Å². The molecule has 3 rings (SSSR count). The minimum Gasteiger partial charge on any atom is -0.507 e. The Morgan fingerprint density at radius 3 is 2.53 bits per heavy atom. The van der Waals surface area contributed by atoms with Gasteiger partial charge < -0.3 is 9.84 Å². The summed E-state index contributed by atoms with van der Waals surface area (Å²) in [6, 6.07) is 15.2. The van der Waals surface area contributed by atoms with E-state index in [0.717, 1.165) is 21.9 Å². The number of fused-ring (bicyclic) bond motifs is 1. The lowest BCUT2D eigenvalue weighted by molar-refractivity contribution is 0.403. The van der Waals surface area contributed by atoms with E-state index < -0.39 is 0 Å². The SMILES string of the molecule is COc1ncc(-c2ccccc2)c2c(O)cccc12. The van der Waals surface area contributed by atoms with Crippen LogP contribution in [0.25, 0.3) is 21.9 Å². The summed E-state index contributed by atoms with van der Waals surface area (Å²) in [4.78, 5) is 4.31. The van der Waals surface area contributed by atoms with Gasteiger partial charge in [0.05, 0.1) is 7.11 Å². The molecule has 3 aromatic rings. The fourth-order valence-corrected chi connectivity index (χ4v) is 2.26. The van der Waals surface area contributed by atoms with Gasteiger partial charge in [0.15, 0.2) is 0 Å². The molecule has 94 valence electrons. The first-order chi connectivity index (χ1) is 9.31. The van der Waals surface area contributed by atoms with Gasteiger partial charge in [0.2, 0.25) is 5.88 Å². The predicted octanol–water partition coefficient (Wildman–Crippen LogP) is 3.62. The first kappa shape index (κ1) is 11.5. The number of hydrogen-bond donors (Lipinski definition) is 1. The van der Waals surface area contributed by atoms with Gasteiger partial charge in [-0.2, -0.15) is 0 Å². The first-order valence-electron chi connectivity index (χ1n) is 6.01. The Hall–Kier alpha value is -2.55. The Morgan fingerprint density at radius 2 is 1.79 bits per heavy atom. The molecule has 0 aliphatic carbocycles. The minimum absolute atomic E-state index is 0.233. The summed E-state index contributed by atoms with van der Waals surface area (Å²) in [6.45, 7) is 0. The number of phenols is 1. The van der Waals surface area contributed by atoms with E-state index in [4.69, 9.17) is 4.74 Å². The molecule has 0 aliphatic heterocycles. The highest BCUT2D eigenvalue weighted by atomic mass is 16.5. The van der Waals surface area contributed by atoms with E-state index in [2.05, 4.69) is 4.98 Å². The summed E-state index contributed by atoms with van der Waals surface area (Å²) in [6.07, 6.45) is 1.73. The lowest BCUT2D eigenvalue weighted by Gasteiger charge is -2.11. The molecule has 0 amide bonds. The number of hydrogen-bond acceptors (Lipinski definition) is 3. The zero-order valence-corrected chi connectivity index (χ0v) is 10.5. The predicted molar refractivity (Wildman–Crippen MR) is 75.4 cm³/mol. The molecule has 0 radical (unpaired) electrons. The lowest BCUT2D eigenvalue weighted by atomic mass is 10.00. The van der Waals surface area contributed by atoms with Crippen molar-refractivity contribution in [3.05, 3.63) is 54.7 Å². The largest absolute Gasteiger partial charge is 0.507 e. The van der Waals surface area contributed by atoms with E-state index in [1.165, 1.54) is 0 Å². The Morgan fingerprint density at radius 1 is 1.00 bits per heavy atom. The highest BCUT2D eigenvalue weighted by Crippen LogP contribution is 2.37. The molecule has 0 aliphatic rings. The van der Waals surface area contributed by atoms with Crippen molar-refractivity contribution in [3.8, 4) is 22.8 Å². The smallest absolute Gasteiger partial charge is 0.221 e. The third-order valence-electron chi connectivity index (χ3n) is 3.13. The monoisotopic (exact) mass is 251 g/mol. The van der Waals surface area contributed by atoms with Crippen molar-refractivity contribution in [1.29, 1.82) is 0 Å². The molecule has 3 nitrogen and oxygen atoms in total. The van der Waals surface area contributed by atoms with Crippen LogP contribution in [0.1, 0.15) is 0 Å². The molecular formula is C16H13NO2. The molecule has 1 aromatic heterocycles. The summed E-state index contributed by atoms with van der Waals surface area (Å²) >= 11 is 0. The molecule has 1 heterocycles. The Balaban J connectivity index is 2.39. The lowest BCUT2D eigenvalue weighted by Crippen LogP contribution is -1.91. The number of ether oxygens (including phenoxy) is 1. The van der Waals surface area contributed by atoms with Crippen molar-refractivity contribution in [1.82, 2.24) is 4.98 Å². The molecular weight excluding hydrogens is 238 g/mol. The molecule has 0 saturated carbocycles. The summed E-state index contributed by atoms with van der Waals surface area (Å²) in [5, 5.41) is 11.7. The Kier molecular flexibility index (Phi) is 2.80. The van der Waals surface area contributed by atoms with Crippen molar-refractivity contribution < 1.29 is 9.84 Å². The molecule has 3 heteroatoms. The summed E-state index contributed by atoms with van der Waals surface area (Å²) in [5.41, 5.74) is 1.92. The van der Waals surface area contributed by atoms with Gasteiger partial charge in [0.25, 0.3) is 0 Å². The van der Waals surface area contributed by atoms with Crippen LogP contribution in [-0.4, -0.2) is 17.2 Å². The van der Waals surface area contributed by atoms with Gasteiger partial charge in [-0.15, -0.1) is 0 Å². The highest BCUT2D eigenvalue weighted by Gasteiger charge is 2.12. The number of phenolic OH excluding ortho intramolecular Hbond substituents is 1. The van der Waals surface area contributed by atoms with E-state index in [0.29, 0.717) is 5.88 Å². The molecule has 0 unspecified atom stereocenters. The van der Waals surface area contributed by atoms with Gasteiger partial charge in [-0.3, -0.25) is 0 Å². The average molecular weight is 251 g/mol. The highest BCUT2D eigenvalue weighted by molar-refractivity contribution is 6.02. The minimum atomic E-state index is 0.233. The maximum absolute atomic E-state index is 10.1. The Bertz CT molecular complexity index is 723. The topological polar surface area (TPSA) is 42.4 Å². The van der Waals surface area contributed by atoms with Gasteiger partial charge in [-0.05, 0) is 17.7 Å². The van der Waals surface area contributed by atoms with E-state index in [1.807, 2.05) is 36.4 Å². The van der Waals surface area contributed by atoms with Gasteiger partial charge >= 0.3 is 0 Å². The second kappa shape index (κ2) is 4.61. The number of aromatic hydroxyl groups is 1. The maximum Gasteiger partial charge on any atom is 0.221 e. The second-order valence-corrected chi connectivity index (χ2v) is 4.25. The van der Waals surface area contributed by atoms with E-state index in [-0.39, 0.29) is 5.75 Å². The van der Waals surface area contributed by atoms with Crippen LogP contribution in [0.15, 0.2) is 54.7 Å². The van der Waals surface area contributed by atoms with Crippen LogP contribution < -0.4 is 4.74 Å². The molecule has 0 saturated heterocycles. The fourth-order valence-electron chi connectivity index (χ4n) is 2.26. The Labute approximate surface area is 111 Å². The standard InChI is InChI=1S/C16H13NO2/c1-19-16-12-8-5-9-14(18)15(12)13(10-17-16)11-6-3-2-4-7-11/h2-10,18H,1H3. The molecule has 19 heavy (non-hydrogen) atoms. The van der Waals surface area contributed by atoms with Gasteiger partial charge in [-0.25, -0.2) is 4.98 Å². The quantitative estimate of drug-likeness (QED) is 0.756. The number of aromatic nitrogens is 1. The molecule has 0 fully saturated rings. The van der Waals surface area contributed by atoms with Crippen LogP contribution in [-0.2, 0) is 0 Å². The van der Waals surface area contributed by atoms with Crippen LogP contribution in [0, 0.1) is 0 Å². The number of methoxy groups -OCH3 is 1. The number of benzene rings is 2. The zero-order chi connectivity index (χ0) is 13.2. The summed E-state index contributed by atoms with van der Waals surface area (Å²) in [7, 11) is 1.58.